The van der Waals surface area contributed by atoms with Crippen LogP contribution in [0.4, 0.5) is 5.82 Å². The fourth-order valence-electron chi connectivity index (χ4n) is 3.86. The molecule has 3 aromatic rings. The fraction of sp³-hybridized carbons (Fsp3) is 0.407. The number of likely N-dealkylation sites (tertiary alicyclic amines) is 1. The number of thiazole rings is 1. The first-order valence-electron chi connectivity index (χ1n) is 11.6. The molecule has 0 saturated carbocycles. The summed E-state index contributed by atoms with van der Waals surface area (Å²) >= 11 is 1.73. The molecule has 1 fully saturated rings. The van der Waals surface area contributed by atoms with E-state index < -0.39 is 5.60 Å². The molecule has 34 heavy (non-hydrogen) atoms. The molecule has 0 aliphatic carbocycles. The number of rotatable bonds is 5. The summed E-state index contributed by atoms with van der Waals surface area (Å²) in [6, 6.07) is 7.88. The van der Waals surface area contributed by atoms with Gasteiger partial charge in [-0.3, -0.25) is 0 Å². The Morgan fingerprint density at radius 1 is 1.21 bits per heavy atom. The lowest BCUT2D eigenvalue weighted by Gasteiger charge is -2.27. The first-order valence-corrected chi connectivity index (χ1v) is 12.4. The minimum atomic E-state index is -1.04. The summed E-state index contributed by atoms with van der Waals surface area (Å²) in [4.78, 5) is 12.5. The number of anilines is 1. The molecule has 3 heterocycles. The summed E-state index contributed by atoms with van der Waals surface area (Å²) in [6.07, 6.45) is 6.02. The summed E-state index contributed by atoms with van der Waals surface area (Å²) in [5.41, 5.74) is 8.99. The van der Waals surface area contributed by atoms with E-state index in [9.17, 15) is 5.11 Å². The molecule has 4 rings (SSSR count). The highest BCUT2D eigenvalue weighted by Gasteiger charge is 2.21. The summed E-state index contributed by atoms with van der Waals surface area (Å²) < 4.78 is 6.09. The van der Waals surface area contributed by atoms with Gasteiger partial charge in [0.15, 0.2) is 11.6 Å². The Morgan fingerprint density at radius 3 is 2.71 bits per heavy atom. The lowest BCUT2D eigenvalue weighted by Crippen LogP contribution is -2.29. The van der Waals surface area contributed by atoms with Gasteiger partial charge < -0.3 is 20.5 Å². The van der Waals surface area contributed by atoms with Gasteiger partial charge in [0, 0.05) is 29.4 Å². The van der Waals surface area contributed by atoms with Crippen molar-refractivity contribution < 1.29 is 9.84 Å². The molecule has 1 aliphatic heterocycles. The summed E-state index contributed by atoms with van der Waals surface area (Å²) in [7, 11) is 2.17. The lowest BCUT2D eigenvalue weighted by atomic mass is 9.98. The molecule has 178 valence electrons. The molecule has 0 unspecified atom stereocenters. The van der Waals surface area contributed by atoms with Gasteiger partial charge in [-0.15, -0.1) is 11.3 Å². The van der Waals surface area contributed by atoms with Crippen molar-refractivity contribution in [2.75, 3.05) is 25.9 Å². The maximum Gasteiger partial charge on any atom is 0.166 e. The van der Waals surface area contributed by atoms with Crippen LogP contribution in [0.2, 0.25) is 0 Å². The highest BCUT2D eigenvalue weighted by Crippen LogP contribution is 2.36. The van der Waals surface area contributed by atoms with Crippen molar-refractivity contribution in [2.45, 2.75) is 51.7 Å². The standard InChI is InChI=1S/C27H32N4O2S/c1-18-5-6-19(7-10-27(2,3)32)13-22(18)17-33-23-14-21(15-29-25(23)28)24-16-30-26(34-24)20-8-11-31(4)12-9-20/h5-6,13-16,20,32H,8-9,11-12,17H2,1-4H3,(H2,28,29). The van der Waals surface area contributed by atoms with E-state index in [0.29, 0.717) is 24.1 Å². The normalized spacial score (nSPS) is 15.1. The SMILES string of the molecule is Cc1ccc(C#CC(C)(C)O)cc1COc1cc(-c2cnc(C3CCN(C)CC3)s2)cnc1N. The van der Waals surface area contributed by atoms with E-state index >= 15 is 0 Å². The zero-order valence-electron chi connectivity index (χ0n) is 20.3. The van der Waals surface area contributed by atoms with Gasteiger partial charge in [-0.1, -0.05) is 17.9 Å². The number of hydrogen-bond donors (Lipinski definition) is 2. The number of piperidine rings is 1. The van der Waals surface area contributed by atoms with Crippen LogP contribution in [0, 0.1) is 18.8 Å². The zero-order valence-corrected chi connectivity index (χ0v) is 21.1. The highest BCUT2D eigenvalue weighted by atomic mass is 32.1. The summed E-state index contributed by atoms with van der Waals surface area (Å²) in [5.74, 6) is 7.32. The molecule has 0 spiro atoms. The molecule has 1 saturated heterocycles. The maximum absolute atomic E-state index is 9.87. The van der Waals surface area contributed by atoms with Crippen molar-refractivity contribution in [1.29, 1.82) is 0 Å². The number of aliphatic hydroxyl groups is 1. The third-order valence-corrected chi connectivity index (χ3v) is 7.21. The Balaban J connectivity index is 1.49. The van der Waals surface area contributed by atoms with E-state index in [1.54, 1.807) is 31.4 Å². The average molecular weight is 477 g/mol. The predicted molar refractivity (Wildman–Crippen MR) is 138 cm³/mol. The molecule has 3 N–H and O–H groups in total. The predicted octanol–water partition coefficient (Wildman–Crippen LogP) is 4.61. The lowest BCUT2D eigenvalue weighted by molar-refractivity contribution is 0.143. The summed E-state index contributed by atoms with van der Waals surface area (Å²) in [5, 5.41) is 11.1. The largest absolute Gasteiger partial charge is 0.485 e. The highest BCUT2D eigenvalue weighted by molar-refractivity contribution is 7.15. The van der Waals surface area contributed by atoms with E-state index in [1.165, 1.54) is 5.01 Å². The smallest absolute Gasteiger partial charge is 0.166 e. The van der Waals surface area contributed by atoms with Gasteiger partial charge in [-0.25, -0.2) is 9.97 Å². The summed E-state index contributed by atoms with van der Waals surface area (Å²) in [6.45, 7) is 7.95. The number of aryl methyl sites for hydroxylation is 1. The maximum atomic E-state index is 9.87. The quantitative estimate of drug-likeness (QED) is 0.524. The second-order valence-electron chi connectivity index (χ2n) is 9.49. The van der Waals surface area contributed by atoms with E-state index in [2.05, 4.69) is 28.8 Å². The number of pyridine rings is 1. The molecule has 1 aromatic carbocycles. The van der Waals surface area contributed by atoms with Gasteiger partial charge in [0.1, 0.15) is 12.2 Å². The van der Waals surface area contributed by atoms with Gasteiger partial charge >= 0.3 is 0 Å². The van der Waals surface area contributed by atoms with E-state index in [-0.39, 0.29) is 0 Å². The van der Waals surface area contributed by atoms with E-state index in [0.717, 1.165) is 53.1 Å². The third-order valence-electron chi connectivity index (χ3n) is 6.00. The van der Waals surface area contributed by atoms with Crippen molar-refractivity contribution >= 4 is 17.2 Å². The first-order chi connectivity index (χ1) is 16.2. The van der Waals surface area contributed by atoms with Crippen LogP contribution in [-0.2, 0) is 6.61 Å². The molecular weight excluding hydrogens is 444 g/mol. The molecular formula is C27H32N4O2S. The van der Waals surface area contributed by atoms with Crippen LogP contribution in [0.5, 0.6) is 5.75 Å². The van der Waals surface area contributed by atoms with Crippen LogP contribution in [-0.4, -0.2) is 45.7 Å². The van der Waals surface area contributed by atoms with Crippen LogP contribution in [0.25, 0.3) is 10.4 Å². The van der Waals surface area contributed by atoms with Crippen LogP contribution in [0.15, 0.2) is 36.7 Å². The Hall–Kier alpha value is -2.92. The number of ether oxygens (including phenoxy) is 1. The Labute approximate surface area is 205 Å². The minimum Gasteiger partial charge on any atom is -0.485 e. The number of benzene rings is 1. The number of nitrogen functional groups attached to an aromatic ring is 1. The van der Waals surface area contributed by atoms with E-state index in [1.807, 2.05) is 37.4 Å². The van der Waals surface area contributed by atoms with Crippen LogP contribution >= 0.6 is 11.3 Å². The minimum absolute atomic E-state index is 0.350. The Bertz CT molecular complexity index is 1210. The molecule has 0 radical (unpaired) electrons. The van der Waals surface area contributed by atoms with E-state index in [4.69, 9.17) is 15.5 Å². The van der Waals surface area contributed by atoms with Crippen LogP contribution in [0.3, 0.4) is 0 Å². The van der Waals surface area contributed by atoms with Crippen LogP contribution in [0.1, 0.15) is 54.3 Å². The van der Waals surface area contributed by atoms with Crippen molar-refractivity contribution in [3.8, 4) is 28.0 Å². The number of nitrogens with zero attached hydrogens (tertiary/aromatic N) is 3. The third kappa shape index (κ3) is 6.15. The van der Waals surface area contributed by atoms with Gasteiger partial charge in [0.05, 0.1) is 9.88 Å². The number of nitrogens with two attached hydrogens (primary N) is 1. The van der Waals surface area contributed by atoms with Crippen molar-refractivity contribution in [3.05, 3.63) is 58.4 Å². The average Bonchev–Trinajstić information content (AvgIpc) is 3.29. The molecule has 0 bridgehead atoms. The Kier molecular flexibility index (Phi) is 7.22. The van der Waals surface area contributed by atoms with Gasteiger partial charge in [-0.05, 0) is 83.1 Å². The topological polar surface area (TPSA) is 84.5 Å². The molecule has 6 nitrogen and oxygen atoms in total. The number of hydrogen-bond acceptors (Lipinski definition) is 7. The van der Waals surface area contributed by atoms with Gasteiger partial charge in [0.2, 0.25) is 0 Å². The fourth-order valence-corrected chi connectivity index (χ4v) is 4.92. The molecule has 1 aliphatic rings. The second-order valence-corrected chi connectivity index (χ2v) is 10.5. The van der Waals surface area contributed by atoms with Gasteiger partial charge in [-0.2, -0.15) is 0 Å². The van der Waals surface area contributed by atoms with Crippen molar-refractivity contribution in [2.24, 2.45) is 0 Å². The molecule has 0 atom stereocenters. The first kappa shape index (κ1) is 24.2. The molecule has 2 aromatic heterocycles. The Morgan fingerprint density at radius 2 is 1.97 bits per heavy atom. The van der Waals surface area contributed by atoms with Gasteiger partial charge in [0.25, 0.3) is 0 Å². The monoisotopic (exact) mass is 476 g/mol. The van der Waals surface area contributed by atoms with Crippen molar-refractivity contribution in [3.63, 3.8) is 0 Å². The zero-order chi connectivity index (χ0) is 24.3. The molecule has 0 amide bonds. The van der Waals surface area contributed by atoms with Crippen LogP contribution < -0.4 is 10.5 Å². The molecule has 7 heteroatoms. The number of aromatic nitrogens is 2. The van der Waals surface area contributed by atoms with Crippen molar-refractivity contribution in [1.82, 2.24) is 14.9 Å². The second kappa shape index (κ2) is 10.1.